The van der Waals surface area contributed by atoms with E-state index in [2.05, 4.69) is 4.74 Å². The zero-order valence-electron chi connectivity index (χ0n) is 12.2. The van der Waals surface area contributed by atoms with Crippen LogP contribution in [0.25, 0.3) is 0 Å². The second kappa shape index (κ2) is 7.60. The Morgan fingerprint density at radius 2 is 1.71 bits per heavy atom. The molecule has 3 heteroatoms. The van der Waals surface area contributed by atoms with Crippen molar-refractivity contribution in [2.75, 3.05) is 7.11 Å². The molecular weight excluding hydrogens is 264 g/mol. The number of aliphatic hydroxyl groups is 1. The minimum absolute atomic E-state index is 0.205. The molecule has 0 aromatic heterocycles. The van der Waals surface area contributed by atoms with Gasteiger partial charge in [-0.3, -0.25) is 4.79 Å². The van der Waals surface area contributed by atoms with Crippen LogP contribution in [0, 0.1) is 0 Å². The van der Waals surface area contributed by atoms with E-state index in [-0.39, 0.29) is 5.97 Å². The van der Waals surface area contributed by atoms with Crippen LogP contribution in [0.4, 0.5) is 0 Å². The maximum Gasteiger partial charge on any atom is 0.305 e. The Balaban J connectivity index is 1.93. The Kier molecular flexibility index (Phi) is 5.52. The van der Waals surface area contributed by atoms with Crippen molar-refractivity contribution in [3.8, 4) is 0 Å². The number of hydrogen-bond acceptors (Lipinski definition) is 3. The van der Waals surface area contributed by atoms with Gasteiger partial charge in [0.1, 0.15) is 0 Å². The molecule has 0 heterocycles. The van der Waals surface area contributed by atoms with E-state index in [1.807, 2.05) is 54.6 Å². The fourth-order valence-electron chi connectivity index (χ4n) is 2.21. The molecule has 0 aliphatic rings. The zero-order chi connectivity index (χ0) is 15.1. The van der Waals surface area contributed by atoms with Gasteiger partial charge < -0.3 is 9.84 Å². The van der Waals surface area contributed by atoms with E-state index in [1.54, 1.807) is 0 Å². The average molecular weight is 284 g/mol. The summed E-state index contributed by atoms with van der Waals surface area (Å²) in [5.74, 6) is -0.205. The minimum atomic E-state index is -0.512. The number of rotatable bonds is 6. The second-order valence-electron chi connectivity index (χ2n) is 5.02. The van der Waals surface area contributed by atoms with E-state index >= 15 is 0 Å². The van der Waals surface area contributed by atoms with Crippen LogP contribution in [0.1, 0.15) is 29.2 Å². The van der Waals surface area contributed by atoms with Gasteiger partial charge in [-0.15, -0.1) is 0 Å². The van der Waals surface area contributed by atoms with Crippen LogP contribution in [0.2, 0.25) is 0 Å². The standard InChI is InChI=1S/C18H20O3/c1-21-18(20)12-9-14-7-10-16(11-8-14)17(19)13-15-5-3-2-4-6-15/h2-8,10-11,17,19H,9,12-13H2,1H3. The summed E-state index contributed by atoms with van der Waals surface area (Å²) in [6, 6.07) is 17.7. The molecule has 1 N–H and O–H groups in total. The summed E-state index contributed by atoms with van der Waals surface area (Å²) >= 11 is 0. The van der Waals surface area contributed by atoms with Crippen molar-refractivity contribution in [1.82, 2.24) is 0 Å². The van der Waals surface area contributed by atoms with Gasteiger partial charge in [0.05, 0.1) is 13.2 Å². The number of methoxy groups -OCH3 is 1. The van der Waals surface area contributed by atoms with Crippen LogP contribution in [0.3, 0.4) is 0 Å². The number of aryl methyl sites for hydroxylation is 1. The molecule has 0 radical (unpaired) electrons. The number of ether oxygens (including phenoxy) is 1. The Hall–Kier alpha value is -2.13. The first kappa shape index (κ1) is 15.3. The highest BCUT2D eigenvalue weighted by atomic mass is 16.5. The Labute approximate surface area is 125 Å². The van der Waals surface area contributed by atoms with Gasteiger partial charge in [-0.1, -0.05) is 54.6 Å². The molecule has 0 spiro atoms. The Morgan fingerprint density at radius 3 is 2.33 bits per heavy atom. The van der Waals surface area contributed by atoms with Crippen LogP contribution in [0.15, 0.2) is 54.6 Å². The van der Waals surface area contributed by atoms with Crippen molar-refractivity contribution >= 4 is 5.97 Å². The van der Waals surface area contributed by atoms with Crippen LogP contribution in [0.5, 0.6) is 0 Å². The smallest absolute Gasteiger partial charge is 0.305 e. The van der Waals surface area contributed by atoms with Crippen molar-refractivity contribution in [3.63, 3.8) is 0 Å². The fourth-order valence-corrected chi connectivity index (χ4v) is 2.21. The molecule has 0 aliphatic carbocycles. The summed E-state index contributed by atoms with van der Waals surface area (Å²) in [6.07, 6.45) is 1.12. The van der Waals surface area contributed by atoms with Crippen LogP contribution < -0.4 is 0 Å². The summed E-state index contributed by atoms with van der Waals surface area (Å²) in [6.45, 7) is 0. The van der Waals surface area contributed by atoms with E-state index in [0.29, 0.717) is 19.3 Å². The first-order chi connectivity index (χ1) is 10.2. The number of esters is 1. The van der Waals surface area contributed by atoms with Crippen LogP contribution in [-0.2, 0) is 22.4 Å². The molecule has 1 atom stereocenters. The molecule has 21 heavy (non-hydrogen) atoms. The topological polar surface area (TPSA) is 46.5 Å². The third-order valence-corrected chi connectivity index (χ3v) is 3.48. The van der Waals surface area contributed by atoms with Crippen LogP contribution in [-0.4, -0.2) is 18.2 Å². The molecule has 2 aromatic carbocycles. The minimum Gasteiger partial charge on any atom is -0.469 e. The lowest BCUT2D eigenvalue weighted by molar-refractivity contribution is -0.140. The number of carbonyl (C=O) groups is 1. The van der Waals surface area contributed by atoms with E-state index in [4.69, 9.17) is 0 Å². The van der Waals surface area contributed by atoms with Gasteiger partial charge in [-0.25, -0.2) is 0 Å². The number of carbonyl (C=O) groups excluding carboxylic acids is 1. The van der Waals surface area contributed by atoms with E-state index in [9.17, 15) is 9.90 Å². The van der Waals surface area contributed by atoms with Crippen molar-refractivity contribution in [1.29, 1.82) is 0 Å². The fraction of sp³-hybridized carbons (Fsp3) is 0.278. The largest absolute Gasteiger partial charge is 0.469 e. The lowest BCUT2D eigenvalue weighted by Crippen LogP contribution is -2.03. The highest BCUT2D eigenvalue weighted by Gasteiger charge is 2.09. The van der Waals surface area contributed by atoms with Gasteiger partial charge in [-0.2, -0.15) is 0 Å². The SMILES string of the molecule is COC(=O)CCc1ccc(C(O)Cc2ccccc2)cc1. The Morgan fingerprint density at radius 1 is 1.05 bits per heavy atom. The molecule has 0 amide bonds. The van der Waals surface area contributed by atoms with Crippen molar-refractivity contribution < 1.29 is 14.6 Å². The molecule has 1 unspecified atom stereocenters. The second-order valence-corrected chi connectivity index (χ2v) is 5.02. The van der Waals surface area contributed by atoms with Gasteiger partial charge in [0, 0.05) is 12.8 Å². The molecule has 2 rings (SSSR count). The average Bonchev–Trinajstić information content (AvgIpc) is 2.54. The molecule has 0 bridgehead atoms. The lowest BCUT2D eigenvalue weighted by atomic mass is 9.99. The predicted molar refractivity (Wildman–Crippen MR) is 81.9 cm³/mol. The normalized spacial score (nSPS) is 11.9. The van der Waals surface area contributed by atoms with Crippen LogP contribution >= 0.6 is 0 Å². The lowest BCUT2D eigenvalue weighted by Gasteiger charge is -2.12. The molecule has 0 aliphatic heterocycles. The summed E-state index contributed by atoms with van der Waals surface area (Å²) in [5.41, 5.74) is 3.07. The predicted octanol–water partition coefficient (Wildman–Crippen LogP) is 3.07. The zero-order valence-corrected chi connectivity index (χ0v) is 12.2. The quantitative estimate of drug-likeness (QED) is 0.829. The van der Waals surface area contributed by atoms with Crippen molar-refractivity contribution in [3.05, 3.63) is 71.3 Å². The van der Waals surface area contributed by atoms with E-state index in [1.165, 1.54) is 7.11 Å². The van der Waals surface area contributed by atoms with E-state index < -0.39 is 6.10 Å². The first-order valence-electron chi connectivity index (χ1n) is 7.06. The van der Waals surface area contributed by atoms with E-state index in [0.717, 1.165) is 16.7 Å². The maximum atomic E-state index is 11.1. The third kappa shape index (κ3) is 4.72. The van der Waals surface area contributed by atoms with Gasteiger partial charge in [-0.05, 0) is 23.1 Å². The molecule has 3 nitrogen and oxygen atoms in total. The number of benzene rings is 2. The van der Waals surface area contributed by atoms with Gasteiger partial charge >= 0.3 is 5.97 Å². The number of aliphatic hydroxyl groups excluding tert-OH is 1. The highest BCUT2D eigenvalue weighted by molar-refractivity contribution is 5.69. The highest BCUT2D eigenvalue weighted by Crippen LogP contribution is 2.19. The summed E-state index contributed by atoms with van der Waals surface area (Å²) in [4.78, 5) is 11.1. The van der Waals surface area contributed by atoms with Crippen molar-refractivity contribution in [2.24, 2.45) is 0 Å². The first-order valence-corrected chi connectivity index (χ1v) is 7.06. The number of hydrogen-bond donors (Lipinski definition) is 1. The van der Waals surface area contributed by atoms with Gasteiger partial charge in [0.2, 0.25) is 0 Å². The molecule has 0 fully saturated rings. The molecular formula is C18H20O3. The molecule has 0 saturated carbocycles. The van der Waals surface area contributed by atoms with Crippen molar-refractivity contribution in [2.45, 2.75) is 25.4 Å². The Bertz CT molecular complexity index is 561. The third-order valence-electron chi connectivity index (χ3n) is 3.48. The summed E-state index contributed by atoms with van der Waals surface area (Å²) in [7, 11) is 1.39. The molecule has 110 valence electrons. The van der Waals surface area contributed by atoms with Gasteiger partial charge in [0.25, 0.3) is 0 Å². The summed E-state index contributed by atoms with van der Waals surface area (Å²) in [5, 5.41) is 10.2. The summed E-state index contributed by atoms with van der Waals surface area (Å²) < 4.78 is 4.62. The molecule has 0 saturated heterocycles. The maximum absolute atomic E-state index is 11.1. The van der Waals surface area contributed by atoms with Gasteiger partial charge in [0.15, 0.2) is 0 Å². The molecule has 2 aromatic rings. The monoisotopic (exact) mass is 284 g/mol.